The Morgan fingerprint density at radius 3 is 2.65 bits per heavy atom. The third-order valence-electron chi connectivity index (χ3n) is 4.70. The van der Waals surface area contributed by atoms with Gasteiger partial charge < -0.3 is 19.3 Å². The fourth-order valence-corrected chi connectivity index (χ4v) is 3.41. The van der Waals surface area contributed by atoms with Crippen LogP contribution in [0.2, 0.25) is 0 Å². The molecule has 0 bridgehead atoms. The quantitative estimate of drug-likeness (QED) is 0.798. The van der Waals surface area contributed by atoms with Crippen LogP contribution in [0.3, 0.4) is 0 Å². The Bertz CT molecular complexity index is 512. The first-order valence-electron chi connectivity index (χ1n) is 8.44. The minimum absolute atomic E-state index is 0.261. The van der Waals surface area contributed by atoms with E-state index in [-0.39, 0.29) is 5.91 Å². The van der Waals surface area contributed by atoms with Crippen molar-refractivity contribution in [3.8, 4) is 0 Å². The molecule has 0 aliphatic carbocycles. The predicted molar refractivity (Wildman–Crippen MR) is 89.7 cm³/mol. The highest BCUT2D eigenvalue weighted by molar-refractivity contribution is 5.78. The van der Waals surface area contributed by atoms with Gasteiger partial charge >= 0.3 is 0 Å². The molecule has 0 unspecified atom stereocenters. The highest BCUT2D eigenvalue weighted by Gasteiger charge is 2.29. The van der Waals surface area contributed by atoms with Gasteiger partial charge in [0.25, 0.3) is 0 Å². The second-order valence-electron chi connectivity index (χ2n) is 6.37. The topological polar surface area (TPSA) is 42.0 Å². The number of likely N-dealkylation sites (tertiary alicyclic amines) is 1. The Labute approximate surface area is 138 Å². The van der Waals surface area contributed by atoms with Crippen molar-refractivity contribution < 1.29 is 14.3 Å². The van der Waals surface area contributed by atoms with Crippen molar-refractivity contribution in [2.24, 2.45) is 5.92 Å². The molecule has 2 aliphatic rings. The van der Waals surface area contributed by atoms with Gasteiger partial charge in [-0.1, -0.05) is 12.1 Å². The predicted octanol–water partition coefficient (Wildman–Crippen LogP) is 1.56. The average molecular weight is 318 g/mol. The molecule has 126 valence electrons. The van der Waals surface area contributed by atoms with Gasteiger partial charge in [0.05, 0.1) is 19.8 Å². The van der Waals surface area contributed by atoms with Crippen molar-refractivity contribution in [2.75, 3.05) is 58.0 Å². The van der Waals surface area contributed by atoms with E-state index in [2.05, 4.69) is 29.2 Å². The summed E-state index contributed by atoms with van der Waals surface area (Å²) >= 11 is 0. The van der Waals surface area contributed by atoms with E-state index in [1.54, 1.807) is 7.11 Å². The minimum Gasteiger partial charge on any atom is -0.383 e. The lowest BCUT2D eigenvalue weighted by atomic mass is 9.98. The molecule has 2 aliphatic heterocycles. The third kappa shape index (κ3) is 4.24. The normalized spacial score (nSPS) is 22.0. The molecule has 2 saturated heterocycles. The number of morpholine rings is 1. The molecule has 1 atom stereocenters. The van der Waals surface area contributed by atoms with Crippen LogP contribution >= 0.6 is 0 Å². The van der Waals surface area contributed by atoms with Gasteiger partial charge in [-0.2, -0.15) is 0 Å². The number of benzene rings is 1. The highest BCUT2D eigenvalue weighted by Crippen LogP contribution is 2.23. The van der Waals surface area contributed by atoms with Crippen LogP contribution in [0.5, 0.6) is 0 Å². The van der Waals surface area contributed by atoms with Crippen molar-refractivity contribution in [3.05, 3.63) is 29.8 Å². The molecule has 5 heteroatoms. The zero-order chi connectivity index (χ0) is 16.1. The number of rotatable bonds is 6. The van der Waals surface area contributed by atoms with Gasteiger partial charge in [0.15, 0.2) is 0 Å². The van der Waals surface area contributed by atoms with Crippen LogP contribution in [0, 0.1) is 5.92 Å². The number of ether oxygens (including phenoxy) is 2. The van der Waals surface area contributed by atoms with Crippen LogP contribution in [-0.4, -0.2) is 63.9 Å². The summed E-state index contributed by atoms with van der Waals surface area (Å²) in [6, 6.07) is 8.79. The van der Waals surface area contributed by atoms with Gasteiger partial charge in [-0.15, -0.1) is 0 Å². The molecule has 0 N–H and O–H groups in total. The van der Waals surface area contributed by atoms with Crippen LogP contribution in [0.4, 0.5) is 5.69 Å². The van der Waals surface area contributed by atoms with E-state index >= 15 is 0 Å². The second kappa shape index (κ2) is 7.79. The van der Waals surface area contributed by atoms with E-state index in [1.807, 2.05) is 4.90 Å². The van der Waals surface area contributed by atoms with Gasteiger partial charge in [0, 0.05) is 45.4 Å². The molecule has 0 spiro atoms. The van der Waals surface area contributed by atoms with Crippen molar-refractivity contribution in [3.63, 3.8) is 0 Å². The molecule has 1 amide bonds. The molecule has 23 heavy (non-hydrogen) atoms. The van der Waals surface area contributed by atoms with Gasteiger partial charge in [-0.25, -0.2) is 0 Å². The van der Waals surface area contributed by atoms with E-state index in [4.69, 9.17) is 9.47 Å². The molecule has 5 nitrogen and oxygen atoms in total. The maximum absolute atomic E-state index is 12.0. The minimum atomic E-state index is 0.261. The number of methoxy groups -OCH3 is 1. The van der Waals surface area contributed by atoms with Crippen molar-refractivity contribution in [1.29, 1.82) is 0 Å². The zero-order valence-corrected chi connectivity index (χ0v) is 13.9. The number of hydrogen-bond donors (Lipinski definition) is 0. The first kappa shape index (κ1) is 16.3. The van der Waals surface area contributed by atoms with E-state index < -0.39 is 0 Å². The van der Waals surface area contributed by atoms with Crippen molar-refractivity contribution >= 4 is 11.6 Å². The molecule has 3 rings (SSSR count). The van der Waals surface area contributed by atoms with Crippen LogP contribution in [0.25, 0.3) is 0 Å². The molecular formula is C18H26N2O3. The number of anilines is 1. The number of nitrogens with zero attached hydrogens (tertiary/aromatic N) is 2. The average Bonchev–Trinajstić information content (AvgIpc) is 2.94. The smallest absolute Gasteiger partial charge is 0.223 e. The van der Waals surface area contributed by atoms with Gasteiger partial charge in [0.1, 0.15) is 0 Å². The van der Waals surface area contributed by atoms with E-state index in [9.17, 15) is 4.79 Å². The Hall–Kier alpha value is -1.59. The maximum atomic E-state index is 12.0. The van der Waals surface area contributed by atoms with Crippen LogP contribution in [0.1, 0.15) is 12.0 Å². The number of hydrogen-bond acceptors (Lipinski definition) is 4. The Balaban J connectivity index is 1.53. The summed E-state index contributed by atoms with van der Waals surface area (Å²) in [5.74, 6) is 0.686. The lowest BCUT2D eigenvalue weighted by Gasteiger charge is -2.29. The summed E-state index contributed by atoms with van der Waals surface area (Å²) < 4.78 is 10.5. The van der Waals surface area contributed by atoms with Crippen LogP contribution in [0.15, 0.2) is 24.3 Å². The largest absolute Gasteiger partial charge is 0.383 e. The van der Waals surface area contributed by atoms with E-state index in [0.717, 1.165) is 39.3 Å². The molecular weight excluding hydrogens is 292 g/mol. The zero-order valence-electron chi connectivity index (χ0n) is 13.9. The lowest BCUT2D eigenvalue weighted by molar-refractivity contribution is -0.128. The molecule has 0 radical (unpaired) electrons. The standard InChI is InChI=1S/C18H26N2O3/c1-22-9-6-20-14-16(13-18(20)21)12-15-2-4-17(5-3-15)19-7-10-23-11-8-19/h2-5,16H,6-14H2,1H3/t16-/m1/s1. The highest BCUT2D eigenvalue weighted by atomic mass is 16.5. The molecule has 2 heterocycles. The van der Waals surface area contributed by atoms with Gasteiger partial charge in [-0.05, 0) is 30.0 Å². The van der Waals surface area contributed by atoms with Gasteiger partial charge in [0.2, 0.25) is 5.91 Å². The Morgan fingerprint density at radius 2 is 1.96 bits per heavy atom. The molecule has 1 aromatic carbocycles. The molecule has 0 saturated carbocycles. The summed E-state index contributed by atoms with van der Waals surface area (Å²) in [4.78, 5) is 16.3. The van der Waals surface area contributed by atoms with Crippen LogP contribution < -0.4 is 4.90 Å². The fraction of sp³-hybridized carbons (Fsp3) is 0.611. The van der Waals surface area contributed by atoms with E-state index in [1.165, 1.54) is 11.3 Å². The summed E-state index contributed by atoms with van der Waals surface area (Å²) in [5, 5.41) is 0. The van der Waals surface area contributed by atoms with Gasteiger partial charge in [-0.3, -0.25) is 4.79 Å². The summed E-state index contributed by atoms with van der Waals surface area (Å²) in [7, 11) is 1.67. The summed E-state index contributed by atoms with van der Waals surface area (Å²) in [5.41, 5.74) is 2.58. The number of amides is 1. The Kier molecular flexibility index (Phi) is 5.51. The first-order chi connectivity index (χ1) is 11.3. The first-order valence-corrected chi connectivity index (χ1v) is 8.44. The molecule has 1 aromatic rings. The fourth-order valence-electron chi connectivity index (χ4n) is 3.41. The SMILES string of the molecule is COCCN1C[C@H](Cc2ccc(N3CCOCC3)cc2)CC1=O. The summed E-state index contributed by atoms with van der Waals surface area (Å²) in [6.07, 6.45) is 1.63. The molecule has 2 fully saturated rings. The molecule has 0 aromatic heterocycles. The third-order valence-corrected chi connectivity index (χ3v) is 4.70. The number of carbonyl (C=O) groups is 1. The lowest BCUT2D eigenvalue weighted by Crippen LogP contribution is -2.36. The number of carbonyl (C=O) groups excluding carboxylic acids is 1. The maximum Gasteiger partial charge on any atom is 0.223 e. The van der Waals surface area contributed by atoms with Crippen molar-refractivity contribution in [1.82, 2.24) is 4.90 Å². The monoisotopic (exact) mass is 318 g/mol. The van der Waals surface area contributed by atoms with Crippen molar-refractivity contribution in [2.45, 2.75) is 12.8 Å². The Morgan fingerprint density at radius 1 is 1.22 bits per heavy atom. The second-order valence-corrected chi connectivity index (χ2v) is 6.37. The van der Waals surface area contributed by atoms with E-state index in [0.29, 0.717) is 25.5 Å². The van der Waals surface area contributed by atoms with Crippen LogP contribution in [-0.2, 0) is 20.7 Å². The summed E-state index contributed by atoms with van der Waals surface area (Å²) in [6.45, 7) is 5.73.